The maximum absolute atomic E-state index is 12.9. The van der Waals surface area contributed by atoms with Crippen molar-refractivity contribution in [3.05, 3.63) is 41.7 Å². The van der Waals surface area contributed by atoms with E-state index in [0.717, 1.165) is 17.1 Å². The number of methoxy groups -OCH3 is 1. The molecule has 1 saturated heterocycles. The summed E-state index contributed by atoms with van der Waals surface area (Å²) in [6.45, 7) is 5.18. The third-order valence-electron chi connectivity index (χ3n) is 4.96. The fraction of sp³-hybridized carbons (Fsp3) is 0.450. The van der Waals surface area contributed by atoms with E-state index in [0.29, 0.717) is 38.1 Å². The number of rotatable bonds is 5. The highest BCUT2D eigenvalue weighted by Gasteiger charge is 2.30. The van der Waals surface area contributed by atoms with E-state index in [1.54, 1.807) is 29.8 Å². The molecule has 1 aromatic carbocycles. The topological polar surface area (TPSA) is 73.7 Å². The van der Waals surface area contributed by atoms with E-state index in [1.807, 2.05) is 31.2 Å². The quantitative estimate of drug-likeness (QED) is 0.756. The summed E-state index contributed by atoms with van der Waals surface area (Å²) >= 11 is 0. The number of piperidine rings is 1. The van der Waals surface area contributed by atoms with Gasteiger partial charge in [-0.2, -0.15) is 5.10 Å². The van der Waals surface area contributed by atoms with E-state index in [2.05, 4.69) is 5.10 Å². The molecule has 144 valence electrons. The maximum Gasteiger partial charge on any atom is 0.309 e. The van der Waals surface area contributed by atoms with Crippen LogP contribution >= 0.6 is 0 Å². The van der Waals surface area contributed by atoms with Gasteiger partial charge in [0.25, 0.3) is 5.91 Å². The van der Waals surface area contributed by atoms with Crippen molar-refractivity contribution in [2.75, 3.05) is 26.8 Å². The zero-order valence-electron chi connectivity index (χ0n) is 16.0. The molecule has 1 aliphatic heterocycles. The second-order valence-electron chi connectivity index (χ2n) is 6.57. The summed E-state index contributed by atoms with van der Waals surface area (Å²) in [5, 5.41) is 4.38. The zero-order chi connectivity index (χ0) is 19.4. The predicted molar refractivity (Wildman–Crippen MR) is 100 cm³/mol. The van der Waals surface area contributed by atoms with Crippen LogP contribution in [-0.4, -0.2) is 53.4 Å². The first-order chi connectivity index (χ1) is 13.0. The first-order valence-corrected chi connectivity index (χ1v) is 9.20. The number of likely N-dealkylation sites (tertiary alicyclic amines) is 1. The van der Waals surface area contributed by atoms with Crippen molar-refractivity contribution in [2.45, 2.75) is 26.7 Å². The monoisotopic (exact) mass is 371 g/mol. The van der Waals surface area contributed by atoms with Crippen molar-refractivity contribution in [2.24, 2.45) is 5.92 Å². The molecule has 0 unspecified atom stereocenters. The van der Waals surface area contributed by atoms with Gasteiger partial charge in [-0.05, 0) is 51.0 Å². The van der Waals surface area contributed by atoms with Crippen molar-refractivity contribution in [3.63, 3.8) is 0 Å². The van der Waals surface area contributed by atoms with Crippen LogP contribution in [0.3, 0.4) is 0 Å². The summed E-state index contributed by atoms with van der Waals surface area (Å²) in [6, 6.07) is 7.52. The number of carbonyl (C=O) groups excluding carboxylic acids is 2. The van der Waals surface area contributed by atoms with Gasteiger partial charge < -0.3 is 14.4 Å². The lowest BCUT2D eigenvalue weighted by molar-refractivity contribution is -0.149. The van der Waals surface area contributed by atoms with E-state index in [9.17, 15) is 9.59 Å². The molecule has 0 N–H and O–H groups in total. The summed E-state index contributed by atoms with van der Waals surface area (Å²) in [6.07, 6.45) is 2.88. The van der Waals surface area contributed by atoms with Gasteiger partial charge in [-0.1, -0.05) is 0 Å². The number of aromatic nitrogens is 2. The molecule has 1 amide bonds. The first-order valence-electron chi connectivity index (χ1n) is 9.20. The van der Waals surface area contributed by atoms with Crippen molar-refractivity contribution in [3.8, 4) is 11.4 Å². The van der Waals surface area contributed by atoms with Crippen molar-refractivity contribution in [1.29, 1.82) is 0 Å². The van der Waals surface area contributed by atoms with Crippen LogP contribution in [0, 0.1) is 12.8 Å². The minimum atomic E-state index is -0.159. The van der Waals surface area contributed by atoms with Gasteiger partial charge in [0, 0.05) is 13.1 Å². The molecule has 0 aliphatic carbocycles. The van der Waals surface area contributed by atoms with Gasteiger partial charge in [0.15, 0.2) is 0 Å². The molecule has 2 heterocycles. The van der Waals surface area contributed by atoms with Gasteiger partial charge >= 0.3 is 5.97 Å². The minimum absolute atomic E-state index is 0.0467. The second kappa shape index (κ2) is 8.24. The molecule has 0 spiro atoms. The van der Waals surface area contributed by atoms with Gasteiger partial charge in [0.05, 0.1) is 42.8 Å². The average Bonchev–Trinajstić information content (AvgIpc) is 3.09. The third kappa shape index (κ3) is 3.97. The molecule has 0 radical (unpaired) electrons. The Hall–Kier alpha value is -2.83. The fourth-order valence-electron chi connectivity index (χ4n) is 3.35. The number of amides is 1. The Morgan fingerprint density at radius 3 is 2.44 bits per heavy atom. The number of hydrogen-bond donors (Lipinski definition) is 0. The zero-order valence-corrected chi connectivity index (χ0v) is 16.0. The van der Waals surface area contributed by atoms with Crippen molar-refractivity contribution >= 4 is 11.9 Å². The SMILES string of the molecule is CCOC(=O)C1CCN(C(=O)c2cnn(-c3ccc(OC)cc3)c2C)CC1. The van der Waals surface area contributed by atoms with Gasteiger partial charge in [-0.15, -0.1) is 0 Å². The molecule has 27 heavy (non-hydrogen) atoms. The largest absolute Gasteiger partial charge is 0.497 e. The Kier molecular flexibility index (Phi) is 5.78. The lowest BCUT2D eigenvalue weighted by Gasteiger charge is -2.30. The average molecular weight is 371 g/mol. The smallest absolute Gasteiger partial charge is 0.309 e. The summed E-state index contributed by atoms with van der Waals surface area (Å²) in [5.41, 5.74) is 2.24. The lowest BCUT2D eigenvalue weighted by atomic mass is 9.96. The predicted octanol–water partition coefficient (Wildman–Crippen LogP) is 2.60. The molecule has 1 aliphatic rings. The standard InChI is InChI=1S/C20H25N3O4/c1-4-27-20(25)15-9-11-22(12-10-15)19(24)18-13-21-23(14(18)2)16-5-7-17(26-3)8-6-16/h5-8,13,15H,4,9-12H2,1-3H3. The molecule has 0 atom stereocenters. The number of carbonyl (C=O) groups is 2. The normalized spacial score (nSPS) is 14.9. The third-order valence-corrected chi connectivity index (χ3v) is 4.96. The molecule has 1 fully saturated rings. The Morgan fingerprint density at radius 2 is 1.85 bits per heavy atom. The van der Waals surface area contributed by atoms with Crippen LogP contribution in [0.5, 0.6) is 5.75 Å². The Balaban J connectivity index is 1.69. The molecule has 7 heteroatoms. The van der Waals surface area contributed by atoms with Crippen LogP contribution in [0.15, 0.2) is 30.5 Å². The molecule has 0 saturated carbocycles. The molecule has 3 rings (SSSR count). The van der Waals surface area contributed by atoms with Crippen LogP contribution in [0.1, 0.15) is 35.8 Å². The van der Waals surface area contributed by atoms with Crippen molar-refractivity contribution < 1.29 is 19.1 Å². The Labute approximate surface area is 158 Å². The summed E-state index contributed by atoms with van der Waals surface area (Å²) < 4.78 is 12.0. The van der Waals surface area contributed by atoms with Gasteiger partial charge in [-0.3, -0.25) is 9.59 Å². The Bertz CT molecular complexity index is 805. The van der Waals surface area contributed by atoms with E-state index in [4.69, 9.17) is 9.47 Å². The highest BCUT2D eigenvalue weighted by molar-refractivity contribution is 5.95. The van der Waals surface area contributed by atoms with Gasteiger partial charge in [-0.25, -0.2) is 4.68 Å². The van der Waals surface area contributed by atoms with Gasteiger partial charge in [0.2, 0.25) is 0 Å². The number of ether oxygens (including phenoxy) is 2. The van der Waals surface area contributed by atoms with Crippen LogP contribution in [0.25, 0.3) is 5.69 Å². The summed E-state index contributed by atoms with van der Waals surface area (Å²) in [7, 11) is 1.62. The lowest BCUT2D eigenvalue weighted by Crippen LogP contribution is -2.40. The molecule has 1 aromatic heterocycles. The van der Waals surface area contributed by atoms with Crippen LogP contribution in [0.4, 0.5) is 0 Å². The van der Waals surface area contributed by atoms with E-state index in [1.165, 1.54) is 0 Å². The second-order valence-corrected chi connectivity index (χ2v) is 6.57. The highest BCUT2D eigenvalue weighted by Crippen LogP contribution is 2.23. The fourth-order valence-corrected chi connectivity index (χ4v) is 3.35. The molecule has 2 aromatic rings. The van der Waals surface area contributed by atoms with E-state index >= 15 is 0 Å². The van der Waals surface area contributed by atoms with Crippen LogP contribution in [-0.2, 0) is 9.53 Å². The van der Waals surface area contributed by atoms with Crippen LogP contribution < -0.4 is 4.74 Å². The van der Waals surface area contributed by atoms with E-state index in [-0.39, 0.29) is 17.8 Å². The molecule has 7 nitrogen and oxygen atoms in total. The van der Waals surface area contributed by atoms with Gasteiger partial charge in [0.1, 0.15) is 5.75 Å². The highest BCUT2D eigenvalue weighted by atomic mass is 16.5. The Morgan fingerprint density at radius 1 is 1.19 bits per heavy atom. The maximum atomic E-state index is 12.9. The molecular weight excluding hydrogens is 346 g/mol. The number of hydrogen-bond acceptors (Lipinski definition) is 5. The van der Waals surface area contributed by atoms with Crippen LogP contribution in [0.2, 0.25) is 0 Å². The first kappa shape index (κ1) is 18.9. The number of benzene rings is 1. The molecule has 0 bridgehead atoms. The molecular formula is C20H25N3O4. The summed E-state index contributed by atoms with van der Waals surface area (Å²) in [5.74, 6) is 0.448. The van der Waals surface area contributed by atoms with E-state index < -0.39 is 0 Å². The van der Waals surface area contributed by atoms with Crippen molar-refractivity contribution in [1.82, 2.24) is 14.7 Å². The summed E-state index contributed by atoms with van der Waals surface area (Å²) in [4.78, 5) is 26.6. The minimum Gasteiger partial charge on any atom is -0.497 e. The number of esters is 1. The number of nitrogens with zero attached hydrogens (tertiary/aromatic N) is 3.